The summed E-state index contributed by atoms with van der Waals surface area (Å²) in [6.45, 7) is 8.00. The summed E-state index contributed by atoms with van der Waals surface area (Å²) in [6, 6.07) is 7.32. The molecule has 1 heterocycles. The van der Waals surface area contributed by atoms with Crippen LogP contribution >= 0.6 is 0 Å². The van der Waals surface area contributed by atoms with Gasteiger partial charge in [-0.15, -0.1) is 0 Å². The lowest BCUT2D eigenvalue weighted by Gasteiger charge is -1.89. The van der Waals surface area contributed by atoms with Crippen molar-refractivity contribution in [1.82, 2.24) is 4.98 Å². The summed E-state index contributed by atoms with van der Waals surface area (Å²) >= 11 is 0. The van der Waals surface area contributed by atoms with Crippen LogP contribution in [0.4, 0.5) is 0 Å². The molecule has 0 radical (unpaired) electrons. The average Bonchev–Trinajstić information content (AvgIpc) is 2.78. The van der Waals surface area contributed by atoms with Crippen LogP contribution in [-0.2, 0) is 0 Å². The Hall–Kier alpha value is -1.77. The van der Waals surface area contributed by atoms with Crippen LogP contribution in [0.2, 0.25) is 0 Å². The standard InChI is InChI=1S/C9H7NO2.2C2H6/c11-9(12)7-5-10-8-4-2-1-3-6(7)8;2*1-2/h1-5,10H,(H,11,12);2*1-2H3. The quantitative estimate of drug-likeness (QED) is 0.766. The minimum atomic E-state index is -0.896. The van der Waals surface area contributed by atoms with Crippen molar-refractivity contribution in [3.05, 3.63) is 36.0 Å². The Bertz CT molecular complexity index is 432. The van der Waals surface area contributed by atoms with Gasteiger partial charge in [0.05, 0.1) is 5.56 Å². The number of aromatic amines is 1. The van der Waals surface area contributed by atoms with Gasteiger partial charge in [0.25, 0.3) is 0 Å². The zero-order chi connectivity index (χ0) is 12.6. The van der Waals surface area contributed by atoms with Gasteiger partial charge in [-0.3, -0.25) is 0 Å². The Morgan fingerprint density at radius 3 is 2.25 bits per heavy atom. The lowest BCUT2D eigenvalue weighted by atomic mass is 10.2. The van der Waals surface area contributed by atoms with E-state index in [0.29, 0.717) is 5.56 Å². The van der Waals surface area contributed by atoms with E-state index in [0.717, 1.165) is 10.9 Å². The second kappa shape index (κ2) is 7.51. The maximum atomic E-state index is 10.7. The van der Waals surface area contributed by atoms with Gasteiger partial charge >= 0.3 is 5.97 Å². The number of carboxylic acid groups (broad SMARTS) is 1. The van der Waals surface area contributed by atoms with Crippen molar-refractivity contribution in [3.8, 4) is 0 Å². The Morgan fingerprint density at radius 2 is 1.69 bits per heavy atom. The highest BCUT2D eigenvalue weighted by atomic mass is 16.4. The van der Waals surface area contributed by atoms with E-state index in [4.69, 9.17) is 5.11 Å². The number of aromatic nitrogens is 1. The van der Waals surface area contributed by atoms with Gasteiger partial charge in [-0.2, -0.15) is 0 Å². The number of aromatic carboxylic acids is 1. The first kappa shape index (κ1) is 14.2. The largest absolute Gasteiger partial charge is 0.478 e. The molecule has 2 N–H and O–H groups in total. The Kier molecular flexibility index (Phi) is 6.68. The van der Waals surface area contributed by atoms with E-state index >= 15 is 0 Å². The molecule has 3 nitrogen and oxygen atoms in total. The molecule has 3 heteroatoms. The lowest BCUT2D eigenvalue weighted by Crippen LogP contribution is -1.92. The minimum absolute atomic E-state index is 0.325. The molecule has 1 aromatic carbocycles. The van der Waals surface area contributed by atoms with E-state index in [1.165, 1.54) is 6.20 Å². The third kappa shape index (κ3) is 3.12. The molecule has 0 saturated carbocycles. The van der Waals surface area contributed by atoms with Gasteiger partial charge in [0, 0.05) is 17.1 Å². The molecule has 0 bridgehead atoms. The Morgan fingerprint density at radius 1 is 1.12 bits per heavy atom. The highest BCUT2D eigenvalue weighted by Gasteiger charge is 2.08. The van der Waals surface area contributed by atoms with Crippen LogP contribution in [-0.4, -0.2) is 16.1 Å². The van der Waals surface area contributed by atoms with Crippen LogP contribution < -0.4 is 0 Å². The Labute approximate surface area is 96.1 Å². The zero-order valence-electron chi connectivity index (χ0n) is 10.2. The number of nitrogens with one attached hydrogen (secondary N) is 1. The third-order valence-electron chi connectivity index (χ3n) is 1.82. The number of hydrogen-bond acceptors (Lipinski definition) is 1. The highest BCUT2D eigenvalue weighted by molar-refractivity contribution is 6.02. The molecule has 16 heavy (non-hydrogen) atoms. The van der Waals surface area contributed by atoms with Gasteiger partial charge in [0.2, 0.25) is 0 Å². The zero-order valence-corrected chi connectivity index (χ0v) is 10.2. The van der Waals surface area contributed by atoms with Gasteiger partial charge in [0.15, 0.2) is 0 Å². The monoisotopic (exact) mass is 221 g/mol. The summed E-state index contributed by atoms with van der Waals surface area (Å²) in [7, 11) is 0. The van der Waals surface area contributed by atoms with Crippen molar-refractivity contribution in [1.29, 1.82) is 0 Å². The number of para-hydroxylation sites is 1. The third-order valence-corrected chi connectivity index (χ3v) is 1.82. The van der Waals surface area contributed by atoms with Crippen molar-refractivity contribution in [2.75, 3.05) is 0 Å². The maximum Gasteiger partial charge on any atom is 0.337 e. The van der Waals surface area contributed by atoms with E-state index in [1.54, 1.807) is 6.07 Å². The number of H-pyrrole nitrogens is 1. The smallest absolute Gasteiger partial charge is 0.337 e. The molecular weight excluding hydrogens is 202 g/mol. The molecule has 0 aliphatic rings. The van der Waals surface area contributed by atoms with Crippen LogP contribution in [0.1, 0.15) is 38.1 Å². The fraction of sp³-hybridized carbons (Fsp3) is 0.308. The predicted molar refractivity (Wildman–Crippen MR) is 68.0 cm³/mol. The van der Waals surface area contributed by atoms with Crippen LogP contribution in [0, 0.1) is 0 Å². The topological polar surface area (TPSA) is 53.1 Å². The van der Waals surface area contributed by atoms with Gasteiger partial charge < -0.3 is 10.1 Å². The predicted octanol–water partition coefficient (Wildman–Crippen LogP) is 3.92. The van der Waals surface area contributed by atoms with Crippen molar-refractivity contribution in [3.63, 3.8) is 0 Å². The number of rotatable bonds is 1. The first-order valence-corrected chi connectivity index (χ1v) is 5.58. The van der Waals surface area contributed by atoms with E-state index < -0.39 is 5.97 Å². The number of carbonyl (C=O) groups is 1. The molecule has 0 saturated heterocycles. The summed E-state index contributed by atoms with van der Waals surface area (Å²) in [5, 5.41) is 9.51. The van der Waals surface area contributed by atoms with E-state index in [9.17, 15) is 4.79 Å². The van der Waals surface area contributed by atoms with Crippen molar-refractivity contribution < 1.29 is 9.90 Å². The Balaban J connectivity index is 0.000000509. The fourth-order valence-electron chi connectivity index (χ4n) is 1.25. The van der Waals surface area contributed by atoms with E-state index in [-0.39, 0.29) is 0 Å². The number of benzene rings is 1. The molecule has 0 spiro atoms. The molecule has 2 rings (SSSR count). The molecule has 0 fully saturated rings. The van der Waals surface area contributed by atoms with Gasteiger partial charge in [-0.1, -0.05) is 45.9 Å². The van der Waals surface area contributed by atoms with Gasteiger partial charge in [-0.25, -0.2) is 4.79 Å². The van der Waals surface area contributed by atoms with Crippen LogP contribution in [0.25, 0.3) is 10.9 Å². The normalized spacial score (nSPS) is 8.50. The van der Waals surface area contributed by atoms with Gasteiger partial charge in [0.1, 0.15) is 0 Å². The number of carboxylic acids is 1. The summed E-state index contributed by atoms with van der Waals surface area (Å²) in [6.07, 6.45) is 1.51. The molecule has 0 aliphatic heterocycles. The minimum Gasteiger partial charge on any atom is -0.478 e. The summed E-state index contributed by atoms with van der Waals surface area (Å²) < 4.78 is 0. The van der Waals surface area contributed by atoms with Crippen LogP contribution in [0.15, 0.2) is 30.5 Å². The average molecular weight is 221 g/mol. The first-order chi connectivity index (χ1) is 7.79. The van der Waals surface area contributed by atoms with Crippen LogP contribution in [0.3, 0.4) is 0 Å². The fourth-order valence-corrected chi connectivity index (χ4v) is 1.25. The number of hydrogen-bond donors (Lipinski definition) is 2. The SMILES string of the molecule is CC.CC.O=C(O)c1c[nH]c2ccccc12. The first-order valence-electron chi connectivity index (χ1n) is 5.58. The molecule has 0 unspecified atom stereocenters. The van der Waals surface area contributed by atoms with Crippen molar-refractivity contribution >= 4 is 16.9 Å². The molecule has 0 amide bonds. The second-order valence-electron chi connectivity index (χ2n) is 2.55. The molecule has 2 aromatic rings. The molecule has 0 aliphatic carbocycles. The van der Waals surface area contributed by atoms with E-state index in [1.807, 2.05) is 45.9 Å². The molecule has 88 valence electrons. The van der Waals surface area contributed by atoms with Crippen molar-refractivity contribution in [2.24, 2.45) is 0 Å². The summed E-state index contributed by atoms with van der Waals surface area (Å²) in [5.74, 6) is -0.896. The summed E-state index contributed by atoms with van der Waals surface area (Å²) in [4.78, 5) is 13.5. The molecular formula is C13H19NO2. The molecule has 1 aromatic heterocycles. The van der Waals surface area contributed by atoms with Crippen molar-refractivity contribution in [2.45, 2.75) is 27.7 Å². The second-order valence-corrected chi connectivity index (χ2v) is 2.55. The summed E-state index contributed by atoms with van der Waals surface area (Å²) in [5.41, 5.74) is 1.18. The number of fused-ring (bicyclic) bond motifs is 1. The van der Waals surface area contributed by atoms with Crippen LogP contribution in [0.5, 0.6) is 0 Å². The maximum absolute atomic E-state index is 10.7. The molecule has 0 atom stereocenters. The van der Waals surface area contributed by atoms with Gasteiger partial charge in [-0.05, 0) is 6.07 Å². The highest BCUT2D eigenvalue weighted by Crippen LogP contribution is 2.16. The van der Waals surface area contributed by atoms with E-state index in [2.05, 4.69) is 4.98 Å². The lowest BCUT2D eigenvalue weighted by molar-refractivity contribution is 0.0699.